The molecule has 0 radical (unpaired) electrons. The monoisotopic (exact) mass is 270 g/mol. The lowest BCUT2D eigenvalue weighted by atomic mass is 9.86. The lowest BCUT2D eigenvalue weighted by Gasteiger charge is -2.41. The van der Waals surface area contributed by atoms with Crippen molar-refractivity contribution in [3.05, 3.63) is 0 Å². The van der Waals surface area contributed by atoms with Crippen LogP contribution in [0.15, 0.2) is 0 Å². The van der Waals surface area contributed by atoms with Crippen molar-refractivity contribution < 1.29 is 14.3 Å². The van der Waals surface area contributed by atoms with Crippen molar-refractivity contribution in [2.24, 2.45) is 0 Å². The van der Waals surface area contributed by atoms with Crippen molar-refractivity contribution in [1.82, 2.24) is 10.2 Å². The highest BCUT2D eigenvalue weighted by Crippen LogP contribution is 2.31. The van der Waals surface area contributed by atoms with Crippen LogP contribution in [-0.2, 0) is 9.47 Å². The average Bonchev–Trinajstić information content (AvgIpc) is 2.48. The van der Waals surface area contributed by atoms with Gasteiger partial charge in [-0.1, -0.05) is 13.8 Å². The first-order chi connectivity index (χ1) is 9.19. The molecule has 2 amide bonds. The van der Waals surface area contributed by atoms with Gasteiger partial charge < -0.3 is 19.7 Å². The Labute approximate surface area is 115 Å². The van der Waals surface area contributed by atoms with E-state index < -0.39 is 0 Å². The lowest BCUT2D eigenvalue weighted by Crippen LogP contribution is -2.53. The summed E-state index contributed by atoms with van der Waals surface area (Å²) < 4.78 is 11.2. The predicted octanol–water partition coefficient (Wildman–Crippen LogP) is 1.77. The Bertz CT molecular complexity index is 299. The van der Waals surface area contributed by atoms with Gasteiger partial charge in [-0.3, -0.25) is 0 Å². The summed E-state index contributed by atoms with van der Waals surface area (Å²) in [4.78, 5) is 14.0. The number of rotatable bonds is 3. The summed E-state index contributed by atoms with van der Waals surface area (Å²) in [5, 5.41) is 3.16. The van der Waals surface area contributed by atoms with Crippen LogP contribution in [0.2, 0.25) is 0 Å². The molecular weight excluding hydrogens is 244 g/mol. The Morgan fingerprint density at radius 3 is 2.58 bits per heavy atom. The van der Waals surface area contributed by atoms with Crippen molar-refractivity contribution in [2.45, 2.75) is 51.2 Å². The van der Waals surface area contributed by atoms with E-state index in [9.17, 15) is 4.79 Å². The SMILES string of the molecule is CCC1(CC)CC(NC(=O)N2CCOCC2)CCO1. The zero-order valence-electron chi connectivity index (χ0n) is 12.1. The van der Waals surface area contributed by atoms with Gasteiger partial charge in [-0.2, -0.15) is 0 Å². The topological polar surface area (TPSA) is 50.8 Å². The summed E-state index contributed by atoms with van der Waals surface area (Å²) >= 11 is 0. The standard InChI is InChI=1S/C14H26N2O3/c1-3-14(4-2)11-12(5-8-19-14)15-13(17)16-6-9-18-10-7-16/h12H,3-11H2,1-2H3,(H,15,17). The number of nitrogens with one attached hydrogen (secondary N) is 1. The minimum absolute atomic E-state index is 0.0405. The molecule has 19 heavy (non-hydrogen) atoms. The third kappa shape index (κ3) is 3.60. The first-order valence-electron chi connectivity index (χ1n) is 7.46. The molecule has 2 aliphatic rings. The highest BCUT2D eigenvalue weighted by molar-refractivity contribution is 5.74. The van der Waals surface area contributed by atoms with Gasteiger partial charge in [-0.05, 0) is 25.7 Å². The van der Waals surface area contributed by atoms with Gasteiger partial charge in [-0.25, -0.2) is 4.79 Å². The summed E-state index contributed by atoms with van der Waals surface area (Å²) in [6, 6.07) is 0.292. The fraction of sp³-hybridized carbons (Fsp3) is 0.929. The van der Waals surface area contributed by atoms with Crippen molar-refractivity contribution in [3.63, 3.8) is 0 Å². The molecule has 2 fully saturated rings. The fourth-order valence-electron chi connectivity index (χ4n) is 2.93. The second-order valence-electron chi connectivity index (χ2n) is 5.48. The highest BCUT2D eigenvalue weighted by Gasteiger charge is 2.35. The number of morpholine rings is 1. The number of hydrogen-bond acceptors (Lipinski definition) is 3. The maximum absolute atomic E-state index is 12.2. The number of hydrogen-bond donors (Lipinski definition) is 1. The van der Waals surface area contributed by atoms with Gasteiger partial charge in [-0.15, -0.1) is 0 Å². The molecule has 2 heterocycles. The van der Waals surface area contributed by atoms with E-state index in [-0.39, 0.29) is 17.7 Å². The molecule has 5 nitrogen and oxygen atoms in total. The van der Waals surface area contributed by atoms with E-state index in [4.69, 9.17) is 9.47 Å². The Morgan fingerprint density at radius 2 is 1.95 bits per heavy atom. The summed E-state index contributed by atoms with van der Waals surface area (Å²) in [6.07, 6.45) is 3.86. The van der Waals surface area contributed by atoms with Gasteiger partial charge in [0.25, 0.3) is 0 Å². The average molecular weight is 270 g/mol. The quantitative estimate of drug-likeness (QED) is 0.850. The molecule has 110 valence electrons. The van der Waals surface area contributed by atoms with Crippen LogP contribution in [0.3, 0.4) is 0 Å². The number of urea groups is 1. The minimum atomic E-state index is -0.0405. The smallest absolute Gasteiger partial charge is 0.317 e. The van der Waals surface area contributed by atoms with Crippen LogP contribution in [0.4, 0.5) is 4.79 Å². The van der Waals surface area contributed by atoms with Crippen molar-refractivity contribution in [1.29, 1.82) is 0 Å². The minimum Gasteiger partial charge on any atom is -0.378 e. The third-order valence-corrected chi connectivity index (χ3v) is 4.41. The van der Waals surface area contributed by atoms with Crippen molar-refractivity contribution >= 4 is 6.03 Å². The number of carbonyl (C=O) groups is 1. The molecule has 0 aliphatic carbocycles. The molecule has 0 bridgehead atoms. The van der Waals surface area contributed by atoms with E-state index in [0.717, 1.165) is 32.3 Å². The second kappa shape index (κ2) is 6.57. The molecule has 0 aromatic rings. The Balaban J connectivity index is 1.86. The molecule has 0 spiro atoms. The number of amides is 2. The van der Waals surface area contributed by atoms with E-state index in [1.165, 1.54) is 0 Å². The number of nitrogens with zero attached hydrogens (tertiary/aromatic N) is 1. The van der Waals surface area contributed by atoms with Crippen LogP contribution in [0.5, 0.6) is 0 Å². The van der Waals surface area contributed by atoms with Gasteiger partial charge in [0.2, 0.25) is 0 Å². The highest BCUT2D eigenvalue weighted by atomic mass is 16.5. The zero-order chi connectivity index (χ0) is 13.7. The van der Waals surface area contributed by atoms with E-state index in [2.05, 4.69) is 19.2 Å². The Hall–Kier alpha value is -0.810. The summed E-state index contributed by atoms with van der Waals surface area (Å²) in [5.74, 6) is 0. The third-order valence-electron chi connectivity index (χ3n) is 4.41. The predicted molar refractivity (Wildman–Crippen MR) is 73.2 cm³/mol. The molecular formula is C14H26N2O3. The van der Waals surface area contributed by atoms with Crippen LogP contribution < -0.4 is 5.32 Å². The lowest BCUT2D eigenvalue weighted by molar-refractivity contribution is -0.0920. The molecule has 0 aromatic carbocycles. The maximum Gasteiger partial charge on any atom is 0.317 e. The Morgan fingerprint density at radius 1 is 1.26 bits per heavy atom. The molecule has 2 saturated heterocycles. The van der Waals surface area contributed by atoms with Crippen LogP contribution in [0.1, 0.15) is 39.5 Å². The van der Waals surface area contributed by atoms with Gasteiger partial charge in [0, 0.05) is 25.7 Å². The van der Waals surface area contributed by atoms with E-state index in [1.807, 2.05) is 4.90 Å². The van der Waals surface area contributed by atoms with Crippen molar-refractivity contribution in [3.8, 4) is 0 Å². The molecule has 1 N–H and O–H groups in total. The molecule has 2 rings (SSSR count). The largest absolute Gasteiger partial charge is 0.378 e. The maximum atomic E-state index is 12.2. The zero-order valence-corrected chi connectivity index (χ0v) is 12.1. The molecule has 1 atom stereocenters. The van der Waals surface area contributed by atoms with Crippen LogP contribution in [0.25, 0.3) is 0 Å². The summed E-state index contributed by atoms with van der Waals surface area (Å²) in [6.45, 7) is 7.76. The Kier molecular flexibility index (Phi) is 5.05. The van der Waals surface area contributed by atoms with E-state index in [1.54, 1.807) is 0 Å². The molecule has 1 unspecified atom stereocenters. The van der Waals surface area contributed by atoms with E-state index in [0.29, 0.717) is 26.3 Å². The van der Waals surface area contributed by atoms with Crippen molar-refractivity contribution in [2.75, 3.05) is 32.9 Å². The van der Waals surface area contributed by atoms with Crippen LogP contribution in [-0.4, -0.2) is 55.5 Å². The molecule has 5 heteroatoms. The second-order valence-corrected chi connectivity index (χ2v) is 5.48. The first-order valence-corrected chi connectivity index (χ1v) is 7.46. The fourth-order valence-corrected chi connectivity index (χ4v) is 2.93. The molecule has 0 aromatic heterocycles. The molecule has 0 saturated carbocycles. The van der Waals surface area contributed by atoms with Gasteiger partial charge in [0.15, 0.2) is 0 Å². The number of carbonyl (C=O) groups excluding carboxylic acids is 1. The van der Waals surface area contributed by atoms with Crippen LogP contribution in [0, 0.1) is 0 Å². The van der Waals surface area contributed by atoms with E-state index >= 15 is 0 Å². The number of ether oxygens (including phenoxy) is 2. The van der Waals surface area contributed by atoms with Gasteiger partial charge >= 0.3 is 6.03 Å². The summed E-state index contributed by atoms with van der Waals surface area (Å²) in [5.41, 5.74) is -0.0405. The normalized spacial score (nSPS) is 27.1. The van der Waals surface area contributed by atoms with Gasteiger partial charge in [0.05, 0.1) is 18.8 Å². The first kappa shape index (κ1) is 14.6. The molecule has 2 aliphatic heterocycles. The van der Waals surface area contributed by atoms with Crippen LogP contribution >= 0.6 is 0 Å². The van der Waals surface area contributed by atoms with Gasteiger partial charge in [0.1, 0.15) is 0 Å². The summed E-state index contributed by atoms with van der Waals surface area (Å²) in [7, 11) is 0.